The SMILES string of the molecule is CC(=O)O[C@H]1c2ccc(N(C(=O)C(F)(F)F)C3CCc4c(Nc5cc(F)ccc5N)cccc43)cc2OC1C. The third kappa shape index (κ3) is 4.96. The van der Waals surface area contributed by atoms with E-state index in [0.717, 1.165) is 4.90 Å². The molecule has 3 aromatic carbocycles. The van der Waals surface area contributed by atoms with E-state index in [9.17, 15) is 27.2 Å². The summed E-state index contributed by atoms with van der Waals surface area (Å²) in [5, 5.41) is 3.08. The molecule has 3 atom stereocenters. The Morgan fingerprint density at radius 2 is 1.85 bits per heavy atom. The number of alkyl halides is 3. The van der Waals surface area contributed by atoms with E-state index in [1.54, 1.807) is 25.1 Å². The van der Waals surface area contributed by atoms with Crippen molar-refractivity contribution in [2.45, 2.75) is 51.1 Å². The molecule has 0 saturated carbocycles. The van der Waals surface area contributed by atoms with Crippen molar-refractivity contribution in [3.8, 4) is 5.75 Å². The van der Waals surface area contributed by atoms with Gasteiger partial charge in [0.25, 0.3) is 0 Å². The summed E-state index contributed by atoms with van der Waals surface area (Å²) in [4.78, 5) is 25.1. The van der Waals surface area contributed by atoms with Crippen molar-refractivity contribution < 1.29 is 36.6 Å². The highest BCUT2D eigenvalue weighted by molar-refractivity contribution is 5.98. The molecular weight excluding hydrogens is 518 g/mol. The molecule has 0 radical (unpaired) electrons. The molecule has 1 aliphatic heterocycles. The van der Waals surface area contributed by atoms with Crippen LogP contribution in [0.2, 0.25) is 0 Å². The second-order valence-electron chi connectivity index (χ2n) is 9.53. The van der Waals surface area contributed by atoms with Crippen LogP contribution < -0.4 is 20.7 Å². The van der Waals surface area contributed by atoms with Crippen LogP contribution in [0, 0.1) is 5.82 Å². The highest BCUT2D eigenvalue weighted by atomic mass is 19.4. The number of anilines is 4. The van der Waals surface area contributed by atoms with Crippen LogP contribution in [-0.2, 0) is 20.7 Å². The van der Waals surface area contributed by atoms with Crippen molar-refractivity contribution in [2.24, 2.45) is 0 Å². The maximum Gasteiger partial charge on any atom is 0.471 e. The number of nitrogens with two attached hydrogens (primary N) is 1. The van der Waals surface area contributed by atoms with Crippen molar-refractivity contribution in [1.29, 1.82) is 0 Å². The summed E-state index contributed by atoms with van der Waals surface area (Å²) < 4.78 is 66.5. The molecule has 0 aromatic heterocycles. The van der Waals surface area contributed by atoms with E-state index in [1.807, 2.05) is 0 Å². The number of amides is 1. The standard InChI is InChI=1S/C28H25F4N3O4/c1-14-26(39-15(2)36)20-8-7-17(13-25(20)38-14)35(27(37)28(30,31)32)24-11-9-18-19(24)4-3-5-22(18)34-23-12-16(29)6-10-21(23)33/h3-8,10,12-14,24,26,34H,9,11,33H2,1-2H3/t14?,24?,26-/m1/s1. The molecule has 1 amide bonds. The van der Waals surface area contributed by atoms with E-state index < -0.39 is 42.1 Å². The normalized spacial score (nSPS) is 19.6. The Morgan fingerprint density at radius 3 is 2.56 bits per heavy atom. The molecule has 0 spiro atoms. The molecule has 204 valence electrons. The maximum absolute atomic E-state index is 13.9. The summed E-state index contributed by atoms with van der Waals surface area (Å²) in [6.07, 6.45) is -5.81. The number of ether oxygens (including phenoxy) is 2. The maximum atomic E-state index is 13.9. The molecule has 2 unspecified atom stereocenters. The quantitative estimate of drug-likeness (QED) is 0.229. The predicted molar refractivity (Wildman–Crippen MR) is 136 cm³/mol. The van der Waals surface area contributed by atoms with E-state index in [2.05, 4.69) is 5.32 Å². The van der Waals surface area contributed by atoms with Gasteiger partial charge in [0, 0.05) is 29.9 Å². The van der Waals surface area contributed by atoms with Gasteiger partial charge in [-0.05, 0) is 67.3 Å². The molecule has 11 heteroatoms. The second-order valence-corrected chi connectivity index (χ2v) is 9.53. The largest absolute Gasteiger partial charge is 0.486 e. The number of benzene rings is 3. The Labute approximate surface area is 221 Å². The molecule has 2 aliphatic rings. The van der Waals surface area contributed by atoms with Crippen LogP contribution in [0.5, 0.6) is 5.75 Å². The average molecular weight is 544 g/mol. The molecule has 0 bridgehead atoms. The number of carbonyl (C=O) groups excluding carboxylic acids is 2. The number of nitrogens with zero attached hydrogens (tertiary/aromatic N) is 1. The summed E-state index contributed by atoms with van der Waals surface area (Å²) in [6.45, 7) is 2.94. The van der Waals surface area contributed by atoms with Crippen molar-refractivity contribution in [1.82, 2.24) is 0 Å². The lowest BCUT2D eigenvalue weighted by molar-refractivity contribution is -0.171. The lowest BCUT2D eigenvalue weighted by Crippen LogP contribution is -2.43. The Kier molecular flexibility index (Phi) is 6.61. The van der Waals surface area contributed by atoms with E-state index in [0.29, 0.717) is 40.2 Å². The summed E-state index contributed by atoms with van der Waals surface area (Å²) >= 11 is 0. The zero-order valence-electron chi connectivity index (χ0n) is 21.0. The topological polar surface area (TPSA) is 93.9 Å². The fraction of sp³-hybridized carbons (Fsp3) is 0.286. The van der Waals surface area contributed by atoms with Crippen molar-refractivity contribution >= 4 is 34.6 Å². The van der Waals surface area contributed by atoms with Gasteiger partial charge in [0.15, 0.2) is 6.10 Å². The first-order chi connectivity index (χ1) is 18.4. The lowest BCUT2D eigenvalue weighted by atomic mass is 10.0. The lowest BCUT2D eigenvalue weighted by Gasteiger charge is -2.31. The average Bonchev–Trinajstić information content (AvgIpc) is 3.42. The zero-order chi connectivity index (χ0) is 28.1. The van der Waals surface area contributed by atoms with Crippen LogP contribution >= 0.6 is 0 Å². The second kappa shape index (κ2) is 9.79. The molecule has 3 N–H and O–H groups in total. The van der Waals surface area contributed by atoms with E-state index in [4.69, 9.17) is 15.2 Å². The smallest absolute Gasteiger partial charge is 0.471 e. The first-order valence-electron chi connectivity index (χ1n) is 12.3. The van der Waals surface area contributed by atoms with Crippen LogP contribution in [0.1, 0.15) is 49.1 Å². The number of hydrogen-bond donors (Lipinski definition) is 2. The van der Waals surface area contributed by atoms with Crippen molar-refractivity contribution in [3.63, 3.8) is 0 Å². The van der Waals surface area contributed by atoms with Gasteiger partial charge in [-0.2, -0.15) is 13.2 Å². The number of rotatable bonds is 5. The molecule has 0 fully saturated rings. The number of hydrogen-bond acceptors (Lipinski definition) is 6. The molecular formula is C28H25F4N3O4. The fourth-order valence-electron chi connectivity index (χ4n) is 5.24. The van der Waals surface area contributed by atoms with Crippen LogP contribution in [0.4, 0.5) is 40.3 Å². The first-order valence-corrected chi connectivity index (χ1v) is 12.3. The van der Waals surface area contributed by atoms with E-state index >= 15 is 0 Å². The summed E-state index contributed by atoms with van der Waals surface area (Å²) in [5.74, 6) is -2.80. The zero-order valence-corrected chi connectivity index (χ0v) is 21.0. The van der Waals surface area contributed by atoms with E-state index in [-0.39, 0.29) is 17.9 Å². The summed E-state index contributed by atoms with van der Waals surface area (Å²) in [5.41, 5.74) is 8.88. The van der Waals surface area contributed by atoms with Crippen molar-refractivity contribution in [3.05, 3.63) is 77.1 Å². The monoisotopic (exact) mass is 543 g/mol. The van der Waals surface area contributed by atoms with Crippen LogP contribution in [0.15, 0.2) is 54.6 Å². The van der Waals surface area contributed by atoms with Gasteiger partial charge in [0.2, 0.25) is 0 Å². The number of nitrogens with one attached hydrogen (secondary N) is 1. The number of nitrogen functional groups attached to an aromatic ring is 1. The van der Waals surface area contributed by atoms with Gasteiger partial charge in [-0.1, -0.05) is 12.1 Å². The van der Waals surface area contributed by atoms with Crippen LogP contribution in [-0.4, -0.2) is 24.2 Å². The molecule has 5 rings (SSSR count). The van der Waals surface area contributed by atoms with Gasteiger partial charge < -0.3 is 20.5 Å². The number of carbonyl (C=O) groups is 2. The van der Waals surface area contributed by atoms with Gasteiger partial charge in [0.1, 0.15) is 17.7 Å². The van der Waals surface area contributed by atoms with E-state index in [1.165, 1.54) is 43.3 Å². The minimum absolute atomic E-state index is 0.00247. The third-order valence-electron chi connectivity index (χ3n) is 6.91. The third-order valence-corrected chi connectivity index (χ3v) is 6.91. The first kappa shape index (κ1) is 26.3. The van der Waals surface area contributed by atoms with Gasteiger partial charge in [0.05, 0.1) is 17.4 Å². The fourth-order valence-corrected chi connectivity index (χ4v) is 5.24. The minimum Gasteiger partial charge on any atom is -0.486 e. The van der Waals surface area contributed by atoms with Crippen LogP contribution in [0.3, 0.4) is 0 Å². The molecule has 0 saturated heterocycles. The van der Waals surface area contributed by atoms with Gasteiger partial charge >= 0.3 is 18.1 Å². The molecule has 7 nitrogen and oxygen atoms in total. The van der Waals surface area contributed by atoms with Crippen LogP contribution in [0.25, 0.3) is 0 Å². The highest BCUT2D eigenvalue weighted by Gasteiger charge is 2.47. The Balaban J connectivity index is 1.53. The molecule has 39 heavy (non-hydrogen) atoms. The van der Waals surface area contributed by atoms with Crippen molar-refractivity contribution in [2.75, 3.05) is 16.0 Å². The Morgan fingerprint density at radius 1 is 1.08 bits per heavy atom. The summed E-state index contributed by atoms with van der Waals surface area (Å²) in [6, 6.07) is 12.3. The Bertz CT molecular complexity index is 1460. The molecule has 1 heterocycles. The molecule has 3 aromatic rings. The highest BCUT2D eigenvalue weighted by Crippen LogP contribution is 2.46. The molecule has 1 aliphatic carbocycles. The predicted octanol–water partition coefficient (Wildman–Crippen LogP) is 6.12. The van der Waals surface area contributed by atoms with Gasteiger partial charge in [-0.25, -0.2) is 4.39 Å². The number of fused-ring (bicyclic) bond motifs is 2. The minimum atomic E-state index is -5.14. The summed E-state index contributed by atoms with van der Waals surface area (Å²) in [7, 11) is 0. The Hall–Kier alpha value is -4.28. The van der Waals surface area contributed by atoms with Gasteiger partial charge in [-0.3, -0.25) is 14.5 Å². The number of halogens is 4. The number of esters is 1. The van der Waals surface area contributed by atoms with Gasteiger partial charge in [-0.15, -0.1) is 0 Å².